The molecule has 45 heavy (non-hydrogen) atoms. The quantitative estimate of drug-likeness (QED) is 0.0880. The lowest BCUT2D eigenvalue weighted by Crippen LogP contribution is -2.13. The molecule has 0 radical (unpaired) electrons. The average molecular weight is 922 g/mol. The lowest BCUT2D eigenvalue weighted by molar-refractivity contribution is 0.163. The maximum absolute atomic E-state index is 11.1. The summed E-state index contributed by atoms with van der Waals surface area (Å²) in [6, 6.07) is 10.9. The first-order valence-electron chi connectivity index (χ1n) is 11.9. The fourth-order valence-electron chi connectivity index (χ4n) is 2.16. The second kappa shape index (κ2) is 24.2. The van der Waals surface area contributed by atoms with Crippen molar-refractivity contribution in [1.29, 1.82) is 0 Å². The molecule has 0 spiro atoms. The van der Waals surface area contributed by atoms with Gasteiger partial charge in [0.1, 0.15) is 6.61 Å². The van der Waals surface area contributed by atoms with Gasteiger partial charge in [-0.1, -0.05) is 0 Å². The molecule has 0 heterocycles. The van der Waals surface area contributed by atoms with Crippen molar-refractivity contribution in [3.8, 4) is 0 Å². The first-order chi connectivity index (χ1) is 20.9. The molecule has 252 valence electrons. The molecular weight excluding hydrogens is 892 g/mol. The topological polar surface area (TPSA) is 256 Å². The van der Waals surface area contributed by atoms with Crippen molar-refractivity contribution in [2.75, 3.05) is 43.4 Å². The summed E-state index contributed by atoms with van der Waals surface area (Å²) in [5, 5.41) is 8.93. The van der Waals surface area contributed by atoms with E-state index in [0.29, 0.717) is 17.3 Å². The van der Waals surface area contributed by atoms with Crippen molar-refractivity contribution >= 4 is 104 Å². The van der Waals surface area contributed by atoms with Gasteiger partial charge in [0.2, 0.25) is 14.0 Å². The largest absolute Gasteiger partial charge is 0.450 e. The van der Waals surface area contributed by atoms with Crippen LogP contribution < -0.4 is 21.7 Å². The number of amides is 5. The van der Waals surface area contributed by atoms with Crippen molar-refractivity contribution in [2.45, 2.75) is 23.6 Å². The number of halogens is 3. The number of primary amides is 1. The van der Waals surface area contributed by atoms with Crippen molar-refractivity contribution < 1.29 is 50.2 Å². The number of rotatable bonds is 8. The predicted octanol–water partition coefficient (Wildman–Crippen LogP) is 5.17. The molecule has 22 heteroatoms. The smallest absolute Gasteiger partial charge is 0.411 e. The first kappa shape index (κ1) is 44.1. The summed E-state index contributed by atoms with van der Waals surface area (Å²) < 4.78 is 58.1. The van der Waals surface area contributed by atoms with E-state index in [1.165, 1.54) is 98.0 Å². The minimum Gasteiger partial charge on any atom is -0.450 e. The van der Waals surface area contributed by atoms with Gasteiger partial charge in [-0.2, -0.15) is 0 Å². The highest BCUT2D eigenvalue weighted by atomic mass is 127. The van der Waals surface area contributed by atoms with Gasteiger partial charge in [0.15, 0.2) is 0 Å². The summed E-state index contributed by atoms with van der Waals surface area (Å²) in [5.74, 6) is 0.295. The van der Waals surface area contributed by atoms with E-state index in [2.05, 4.69) is 30.6 Å². The molecule has 2 aromatic carbocycles. The molecule has 17 nitrogen and oxygen atoms in total. The van der Waals surface area contributed by atoms with Gasteiger partial charge in [-0.05, 0) is 62.4 Å². The van der Waals surface area contributed by atoms with E-state index in [0.717, 1.165) is 0 Å². The van der Waals surface area contributed by atoms with E-state index in [9.17, 15) is 36.0 Å². The second-order valence-corrected chi connectivity index (χ2v) is 17.1. The summed E-state index contributed by atoms with van der Waals surface area (Å²) in [5.41, 5.74) is 5.54. The number of alkyl halides is 1. The Balaban J connectivity index is 0. The van der Waals surface area contributed by atoms with Crippen LogP contribution in [0.2, 0.25) is 0 Å². The third kappa shape index (κ3) is 23.9. The minimum absolute atomic E-state index is 0.191. The molecule has 0 fully saturated rings. The summed E-state index contributed by atoms with van der Waals surface area (Å²) in [6.07, 6.45) is -1.90. The van der Waals surface area contributed by atoms with E-state index in [1.807, 2.05) is 10.5 Å². The number of anilines is 2. The van der Waals surface area contributed by atoms with Gasteiger partial charge in [0, 0.05) is 23.6 Å². The molecule has 2 rings (SSSR count). The first-order valence-corrected chi connectivity index (χ1v) is 20.5. The Morgan fingerprint density at radius 3 is 1.31 bits per heavy atom. The second-order valence-electron chi connectivity index (χ2n) is 7.12. The number of carbonyl (C=O) groups excluding carboxylic acids is 4. The molecule has 0 unspecified atom stereocenters. The zero-order valence-electron chi connectivity index (χ0n) is 23.8. The third-order valence-corrected chi connectivity index (χ3v) is 8.81. The number of ether oxygens (including phenoxy) is 3. The Morgan fingerprint density at radius 1 is 0.778 bits per heavy atom. The number of benzene rings is 2. The third-order valence-electron chi connectivity index (χ3n) is 3.93. The van der Waals surface area contributed by atoms with Crippen LogP contribution in [0.1, 0.15) is 13.8 Å². The molecule has 0 aliphatic rings. The number of nitrogens with zero attached hydrogens (tertiary/aromatic N) is 1. The molecule has 0 aliphatic carbocycles. The van der Waals surface area contributed by atoms with Crippen LogP contribution in [0, 0.1) is 4.91 Å². The number of carbonyl (C=O) groups is 4. The fraction of sp³-hybridized carbons (Fsp3) is 0.304. The highest BCUT2D eigenvalue weighted by Gasteiger charge is 2.10. The highest BCUT2D eigenvalue weighted by molar-refractivity contribution is 14.2. The lowest BCUT2D eigenvalue weighted by Gasteiger charge is -2.05. The van der Waals surface area contributed by atoms with Crippen LogP contribution in [0.15, 0.2) is 63.5 Å². The molecular formula is C23H30ClI2N5O12S2. The minimum atomic E-state index is -3.23. The Hall–Kier alpha value is -3.03. The molecule has 0 aromatic heterocycles. The van der Waals surface area contributed by atoms with Gasteiger partial charge in [0.05, 0.1) is 71.3 Å². The zero-order valence-corrected chi connectivity index (χ0v) is 30.5. The summed E-state index contributed by atoms with van der Waals surface area (Å²) >= 11 is 7.82. The van der Waals surface area contributed by atoms with Crippen molar-refractivity contribution in [1.82, 2.24) is 5.32 Å². The number of nitrogens with one attached hydrogen (secondary N) is 3. The van der Waals surface area contributed by atoms with Crippen LogP contribution in [0.3, 0.4) is 0 Å². The van der Waals surface area contributed by atoms with Crippen molar-refractivity contribution in [2.24, 2.45) is 10.9 Å². The highest BCUT2D eigenvalue weighted by Crippen LogP contribution is 2.20. The van der Waals surface area contributed by atoms with Crippen LogP contribution in [-0.4, -0.2) is 73.9 Å². The molecule has 0 saturated carbocycles. The van der Waals surface area contributed by atoms with Crippen LogP contribution in [0.4, 0.5) is 30.6 Å². The van der Waals surface area contributed by atoms with Gasteiger partial charge < -0.3 is 25.3 Å². The summed E-state index contributed by atoms with van der Waals surface area (Å²) in [6.45, 7) is 4.16. The summed E-state index contributed by atoms with van der Waals surface area (Å²) in [4.78, 5) is 50.8. The number of nitroso groups, excluding NO2 is 1. The van der Waals surface area contributed by atoms with Gasteiger partial charge in [-0.25, -0.2) is 36.0 Å². The van der Waals surface area contributed by atoms with E-state index in [-0.39, 0.29) is 29.6 Å². The normalized spacial score (nSPS) is 9.91. The SMILES string of the molecule is CCOC(=O)Nc1ccc(S(=O)(=O)I)cc1.CCOC(=O)Nc1ccc(S(=O)(=O)I)cc1.CNC(=O)N=O.NC(=O)OCCCl. The molecule has 0 atom stereocenters. The average Bonchev–Trinajstić information content (AvgIpc) is 2.96. The van der Waals surface area contributed by atoms with Crippen LogP contribution in [0.5, 0.6) is 0 Å². The van der Waals surface area contributed by atoms with Gasteiger partial charge >= 0.3 is 24.3 Å². The fourth-order valence-corrected chi connectivity index (χ4v) is 4.92. The molecule has 5 N–H and O–H groups in total. The number of hydrogen-bond donors (Lipinski definition) is 4. The maximum Gasteiger partial charge on any atom is 0.411 e. The molecule has 2 aromatic rings. The standard InChI is InChI=1S/2C9H10INO4S.C3H6ClNO2.C2H4N2O2/c2*1-2-15-9(12)11-7-3-5-8(6-4-7)16(10,13)14;4-1-2-7-3(5)6;1-3-2(5)4-6/h2*3-6H,2H2,1H3,(H,11,12);1-2H2,(H2,5,6);1H3,(H,3,5). The number of hydrogen-bond acceptors (Lipinski definition) is 12. The van der Waals surface area contributed by atoms with Gasteiger partial charge in [0.25, 0.3) is 0 Å². The Bertz CT molecular complexity index is 1360. The predicted molar refractivity (Wildman–Crippen MR) is 183 cm³/mol. The van der Waals surface area contributed by atoms with E-state index in [1.54, 1.807) is 13.8 Å². The van der Waals surface area contributed by atoms with Crippen molar-refractivity contribution in [3.05, 3.63) is 53.4 Å². The van der Waals surface area contributed by atoms with Gasteiger partial charge in [-0.15, -0.1) is 16.5 Å². The van der Waals surface area contributed by atoms with E-state index in [4.69, 9.17) is 16.5 Å². The Kier molecular flexibility index (Phi) is 23.7. The van der Waals surface area contributed by atoms with Gasteiger partial charge in [-0.3, -0.25) is 10.6 Å². The van der Waals surface area contributed by atoms with Crippen LogP contribution in [-0.2, 0) is 28.2 Å². The number of urea groups is 1. The Labute approximate surface area is 288 Å². The lowest BCUT2D eigenvalue weighted by atomic mass is 10.3. The summed E-state index contributed by atoms with van der Waals surface area (Å²) in [7, 11) is -5.13. The van der Waals surface area contributed by atoms with Crippen molar-refractivity contribution in [3.63, 3.8) is 0 Å². The number of nitrogens with two attached hydrogens (primary N) is 1. The van der Waals surface area contributed by atoms with E-state index < -0.39 is 38.3 Å². The molecule has 5 amide bonds. The zero-order chi connectivity index (χ0) is 35.1. The molecule has 0 aliphatic heterocycles. The molecule has 0 bridgehead atoms. The molecule has 0 saturated heterocycles. The van der Waals surface area contributed by atoms with E-state index >= 15 is 0 Å². The maximum atomic E-state index is 11.1. The Morgan fingerprint density at radius 2 is 1.13 bits per heavy atom. The van der Waals surface area contributed by atoms with Crippen LogP contribution >= 0.6 is 54.0 Å². The monoisotopic (exact) mass is 921 g/mol. The van der Waals surface area contributed by atoms with Crippen LogP contribution in [0.25, 0.3) is 0 Å².